The first-order valence-corrected chi connectivity index (χ1v) is 20.9. The molecule has 0 aromatic rings. The van der Waals surface area contributed by atoms with Crippen LogP contribution in [0, 0.1) is 5.41 Å². The van der Waals surface area contributed by atoms with Gasteiger partial charge in [0.25, 0.3) is 0 Å². The fourth-order valence-corrected chi connectivity index (χ4v) is 7.28. The number of rotatable bonds is 39. The highest BCUT2D eigenvalue weighted by atomic mass is 16.4. The zero-order valence-corrected chi connectivity index (χ0v) is 31.4. The van der Waals surface area contributed by atoms with Gasteiger partial charge in [0.2, 0.25) is 0 Å². The predicted octanol–water partition coefficient (Wildman–Crippen LogP) is 14.6. The minimum Gasteiger partial charge on any atom is -0.481 e. The van der Waals surface area contributed by atoms with Crippen molar-refractivity contribution in [3.8, 4) is 0 Å². The Hall–Kier alpha value is -1.06. The Bertz CT molecular complexity index is 612. The molecule has 0 aliphatic heterocycles. The molecule has 0 saturated heterocycles. The van der Waals surface area contributed by atoms with Crippen molar-refractivity contribution >= 4 is 11.9 Å². The molecule has 0 bridgehead atoms. The molecule has 0 unspecified atom stereocenters. The van der Waals surface area contributed by atoms with Crippen molar-refractivity contribution in [2.24, 2.45) is 5.41 Å². The molecule has 0 fully saturated rings. The number of hydrogen-bond donors (Lipinski definition) is 2. The van der Waals surface area contributed by atoms with Crippen molar-refractivity contribution in [1.29, 1.82) is 0 Å². The molecule has 0 atom stereocenters. The topological polar surface area (TPSA) is 74.6 Å². The lowest BCUT2D eigenvalue weighted by Crippen LogP contribution is -2.31. The Morgan fingerprint density at radius 1 is 0.348 bits per heavy atom. The van der Waals surface area contributed by atoms with E-state index in [-0.39, 0.29) is 6.42 Å². The maximum Gasteiger partial charge on any atom is 0.309 e. The molecule has 0 heterocycles. The molecule has 46 heavy (non-hydrogen) atoms. The molecule has 0 aromatic heterocycles. The Balaban J connectivity index is 4.18. The number of carboxylic acid groups (broad SMARTS) is 2. The smallest absolute Gasteiger partial charge is 0.309 e. The standard InChI is InChI=1S/C42H82O4/c1-3-5-7-9-11-13-15-17-19-21-23-25-27-29-33-37-42(41(45)46,39-35-31-32-36-40(43)44)38-34-30-28-26-24-22-20-18-16-14-12-10-8-6-4-2/h3-39H2,1-2H3,(H,43,44)(H,45,46). The SMILES string of the molecule is CCCCCCCCCCCCCCCCCC(CCCCCCCCCCCCCCCCC)(CCCCCC(=O)O)C(=O)O. The van der Waals surface area contributed by atoms with Crippen molar-refractivity contribution in [1.82, 2.24) is 0 Å². The highest BCUT2D eigenvalue weighted by molar-refractivity contribution is 5.74. The van der Waals surface area contributed by atoms with Gasteiger partial charge in [-0.3, -0.25) is 9.59 Å². The van der Waals surface area contributed by atoms with Gasteiger partial charge in [0.1, 0.15) is 0 Å². The van der Waals surface area contributed by atoms with Crippen LogP contribution in [0.25, 0.3) is 0 Å². The lowest BCUT2D eigenvalue weighted by Gasteiger charge is -2.30. The summed E-state index contributed by atoms with van der Waals surface area (Å²) < 4.78 is 0. The fraction of sp³-hybridized carbons (Fsp3) is 0.952. The Labute approximate surface area is 288 Å². The van der Waals surface area contributed by atoms with Gasteiger partial charge in [-0.2, -0.15) is 0 Å². The Morgan fingerprint density at radius 3 is 0.783 bits per heavy atom. The third kappa shape index (κ3) is 30.3. The first-order chi connectivity index (χ1) is 22.5. The van der Waals surface area contributed by atoms with Crippen molar-refractivity contribution in [3.05, 3.63) is 0 Å². The highest BCUT2D eigenvalue weighted by Gasteiger charge is 2.36. The first-order valence-electron chi connectivity index (χ1n) is 20.9. The quantitative estimate of drug-likeness (QED) is 0.0649. The normalized spacial score (nSPS) is 11.8. The average Bonchev–Trinajstić information content (AvgIpc) is 3.03. The second-order valence-corrected chi connectivity index (χ2v) is 14.9. The molecule has 4 heteroatoms. The van der Waals surface area contributed by atoms with Crippen LogP contribution in [0.4, 0.5) is 0 Å². The van der Waals surface area contributed by atoms with E-state index in [1.54, 1.807) is 0 Å². The van der Waals surface area contributed by atoms with E-state index in [4.69, 9.17) is 5.11 Å². The van der Waals surface area contributed by atoms with Crippen molar-refractivity contribution in [3.63, 3.8) is 0 Å². The van der Waals surface area contributed by atoms with Gasteiger partial charge in [0, 0.05) is 6.42 Å². The van der Waals surface area contributed by atoms with Gasteiger partial charge in [-0.15, -0.1) is 0 Å². The van der Waals surface area contributed by atoms with Crippen molar-refractivity contribution in [2.75, 3.05) is 0 Å². The van der Waals surface area contributed by atoms with E-state index < -0.39 is 17.4 Å². The van der Waals surface area contributed by atoms with E-state index in [2.05, 4.69) is 13.8 Å². The summed E-state index contributed by atoms with van der Waals surface area (Å²) >= 11 is 0. The molecule has 0 aliphatic carbocycles. The maximum atomic E-state index is 12.7. The zero-order valence-electron chi connectivity index (χ0n) is 31.4. The van der Waals surface area contributed by atoms with Crippen molar-refractivity contribution < 1.29 is 19.8 Å². The summed E-state index contributed by atoms with van der Waals surface area (Å²) in [7, 11) is 0. The van der Waals surface area contributed by atoms with Gasteiger partial charge in [-0.05, 0) is 25.7 Å². The van der Waals surface area contributed by atoms with Crippen LogP contribution >= 0.6 is 0 Å². The number of unbranched alkanes of at least 4 members (excludes halogenated alkanes) is 30. The summed E-state index contributed by atoms with van der Waals surface area (Å²) in [5.41, 5.74) is -0.615. The minimum absolute atomic E-state index is 0.193. The molecule has 0 saturated carbocycles. The fourth-order valence-electron chi connectivity index (χ4n) is 7.28. The summed E-state index contributed by atoms with van der Waals surface area (Å²) in [5.74, 6) is -1.36. The van der Waals surface area contributed by atoms with Crippen LogP contribution in [-0.4, -0.2) is 22.2 Å². The predicted molar refractivity (Wildman–Crippen MR) is 200 cm³/mol. The van der Waals surface area contributed by atoms with Gasteiger partial charge in [0.15, 0.2) is 0 Å². The summed E-state index contributed by atoms with van der Waals surface area (Å²) in [6, 6.07) is 0. The number of hydrogen-bond acceptors (Lipinski definition) is 2. The minimum atomic E-state index is -0.750. The number of carboxylic acids is 2. The second-order valence-electron chi connectivity index (χ2n) is 14.9. The summed E-state index contributed by atoms with van der Waals surface area (Å²) in [6.45, 7) is 4.56. The van der Waals surface area contributed by atoms with Gasteiger partial charge in [0.05, 0.1) is 5.41 Å². The summed E-state index contributed by atoms with van der Waals surface area (Å²) in [6.07, 6.45) is 44.6. The third-order valence-corrected chi connectivity index (χ3v) is 10.5. The molecule has 0 rings (SSSR count). The van der Waals surface area contributed by atoms with Crippen LogP contribution in [0.1, 0.15) is 251 Å². The van der Waals surface area contributed by atoms with Crippen LogP contribution in [0.3, 0.4) is 0 Å². The number of aliphatic carboxylic acids is 2. The lowest BCUT2D eigenvalue weighted by molar-refractivity contribution is -0.151. The molecule has 0 spiro atoms. The Kier molecular flexibility index (Phi) is 34.4. The second kappa shape index (κ2) is 35.3. The summed E-state index contributed by atoms with van der Waals surface area (Å²) in [5, 5.41) is 19.4. The van der Waals surface area contributed by atoms with Crippen LogP contribution in [0.2, 0.25) is 0 Å². The van der Waals surface area contributed by atoms with Gasteiger partial charge < -0.3 is 10.2 Å². The lowest BCUT2D eigenvalue weighted by atomic mass is 9.74. The highest BCUT2D eigenvalue weighted by Crippen LogP contribution is 2.38. The van der Waals surface area contributed by atoms with Crippen LogP contribution in [-0.2, 0) is 9.59 Å². The molecule has 0 aromatic carbocycles. The molecular weight excluding hydrogens is 568 g/mol. The maximum absolute atomic E-state index is 12.7. The molecule has 274 valence electrons. The number of carbonyl (C=O) groups is 2. The van der Waals surface area contributed by atoms with E-state index in [9.17, 15) is 14.7 Å². The van der Waals surface area contributed by atoms with Crippen LogP contribution in [0.15, 0.2) is 0 Å². The zero-order chi connectivity index (χ0) is 33.8. The molecular formula is C42H82O4. The average molecular weight is 651 g/mol. The largest absolute Gasteiger partial charge is 0.481 e. The van der Waals surface area contributed by atoms with E-state index in [1.807, 2.05) is 0 Å². The molecule has 0 amide bonds. The van der Waals surface area contributed by atoms with E-state index in [1.165, 1.54) is 167 Å². The molecule has 4 nitrogen and oxygen atoms in total. The summed E-state index contributed by atoms with van der Waals surface area (Å²) in [4.78, 5) is 23.6. The monoisotopic (exact) mass is 651 g/mol. The van der Waals surface area contributed by atoms with Crippen molar-refractivity contribution in [2.45, 2.75) is 251 Å². The van der Waals surface area contributed by atoms with Gasteiger partial charge >= 0.3 is 11.9 Å². The third-order valence-electron chi connectivity index (χ3n) is 10.5. The molecule has 2 N–H and O–H groups in total. The van der Waals surface area contributed by atoms with Gasteiger partial charge in [-0.1, -0.05) is 219 Å². The van der Waals surface area contributed by atoms with E-state index >= 15 is 0 Å². The molecule has 0 radical (unpaired) electrons. The van der Waals surface area contributed by atoms with E-state index in [0.29, 0.717) is 12.8 Å². The van der Waals surface area contributed by atoms with Crippen LogP contribution in [0.5, 0.6) is 0 Å². The van der Waals surface area contributed by atoms with Gasteiger partial charge in [-0.25, -0.2) is 0 Å². The first kappa shape index (κ1) is 44.9. The Morgan fingerprint density at radius 2 is 0.565 bits per heavy atom. The molecule has 0 aliphatic rings. The van der Waals surface area contributed by atoms with Crippen LogP contribution < -0.4 is 0 Å². The van der Waals surface area contributed by atoms with E-state index in [0.717, 1.165) is 51.4 Å².